The van der Waals surface area contributed by atoms with Gasteiger partial charge in [0.15, 0.2) is 0 Å². The van der Waals surface area contributed by atoms with Crippen molar-refractivity contribution >= 4 is 10.8 Å². The lowest BCUT2D eigenvalue weighted by molar-refractivity contribution is 0.292. The van der Waals surface area contributed by atoms with Crippen LogP contribution >= 0.6 is 0 Å². The third-order valence-electron chi connectivity index (χ3n) is 2.35. The zero-order valence-electron chi connectivity index (χ0n) is 7.92. The van der Waals surface area contributed by atoms with Gasteiger partial charge in [0.25, 0.3) is 0 Å². The van der Waals surface area contributed by atoms with E-state index in [4.69, 9.17) is 0 Å². The van der Waals surface area contributed by atoms with E-state index in [0.29, 0.717) is 0 Å². The zero-order chi connectivity index (χ0) is 8.81. The lowest BCUT2D eigenvalue weighted by Gasteiger charge is -2.25. The molecule has 0 saturated carbocycles. The number of rotatable bonds is 4. The molecule has 0 aromatic carbocycles. The van der Waals surface area contributed by atoms with E-state index in [9.17, 15) is 4.21 Å². The molecule has 1 saturated heterocycles. The second-order valence-corrected chi connectivity index (χ2v) is 5.09. The van der Waals surface area contributed by atoms with Crippen LogP contribution in [0, 0.1) is 0 Å². The molecule has 0 amide bonds. The first-order valence-electron chi connectivity index (χ1n) is 4.90. The van der Waals surface area contributed by atoms with Crippen LogP contribution in [0.5, 0.6) is 0 Å². The lowest BCUT2D eigenvalue weighted by Crippen LogP contribution is -2.38. The first kappa shape index (κ1) is 10.2. The highest BCUT2D eigenvalue weighted by molar-refractivity contribution is 7.85. The van der Waals surface area contributed by atoms with Gasteiger partial charge in [0, 0.05) is 35.4 Å². The molecular weight excluding hydrogens is 170 g/mol. The fourth-order valence-corrected chi connectivity index (χ4v) is 2.61. The summed E-state index contributed by atoms with van der Waals surface area (Å²) in [5.74, 6) is 1.79. The van der Waals surface area contributed by atoms with E-state index in [0.717, 1.165) is 24.6 Å². The predicted molar refractivity (Wildman–Crippen MR) is 53.8 cm³/mol. The number of unbranched alkanes of at least 4 members (excludes halogenated alkanes) is 2. The summed E-state index contributed by atoms with van der Waals surface area (Å²) in [4.78, 5) is 2.44. The monoisotopic (exact) mass is 189 g/mol. The molecule has 0 atom stereocenters. The van der Waals surface area contributed by atoms with Crippen LogP contribution in [0.2, 0.25) is 0 Å². The summed E-state index contributed by atoms with van der Waals surface area (Å²) in [5, 5.41) is 0. The molecule has 1 rings (SSSR count). The van der Waals surface area contributed by atoms with Crippen molar-refractivity contribution in [2.45, 2.75) is 26.2 Å². The summed E-state index contributed by atoms with van der Waals surface area (Å²) in [6, 6.07) is 0. The van der Waals surface area contributed by atoms with Gasteiger partial charge >= 0.3 is 0 Å². The summed E-state index contributed by atoms with van der Waals surface area (Å²) >= 11 is 0. The van der Waals surface area contributed by atoms with Crippen molar-refractivity contribution < 1.29 is 4.21 Å². The maximum atomic E-state index is 11.0. The Morgan fingerprint density at radius 3 is 2.50 bits per heavy atom. The number of hydrogen-bond acceptors (Lipinski definition) is 2. The maximum Gasteiger partial charge on any atom is 0.0363 e. The highest BCUT2D eigenvalue weighted by Crippen LogP contribution is 2.03. The average Bonchev–Trinajstić information content (AvgIpc) is 2.09. The first-order valence-corrected chi connectivity index (χ1v) is 6.39. The normalized spacial score (nSPS) is 21.4. The molecule has 0 aliphatic carbocycles. The fourth-order valence-electron chi connectivity index (χ4n) is 1.48. The number of hydrogen-bond donors (Lipinski definition) is 0. The molecule has 3 heteroatoms. The summed E-state index contributed by atoms with van der Waals surface area (Å²) in [6.45, 7) is 5.54. The van der Waals surface area contributed by atoms with Crippen LogP contribution in [0.3, 0.4) is 0 Å². The van der Waals surface area contributed by atoms with Crippen LogP contribution in [-0.2, 0) is 10.8 Å². The van der Waals surface area contributed by atoms with Gasteiger partial charge in [-0.3, -0.25) is 4.21 Å². The molecule has 0 N–H and O–H groups in total. The van der Waals surface area contributed by atoms with Crippen LogP contribution in [0.25, 0.3) is 0 Å². The van der Waals surface area contributed by atoms with Crippen molar-refractivity contribution in [3.63, 3.8) is 0 Å². The molecule has 12 heavy (non-hydrogen) atoms. The minimum atomic E-state index is -0.510. The fraction of sp³-hybridized carbons (Fsp3) is 1.00. The van der Waals surface area contributed by atoms with Gasteiger partial charge in [-0.05, 0) is 13.0 Å². The van der Waals surface area contributed by atoms with E-state index < -0.39 is 10.8 Å². The summed E-state index contributed by atoms with van der Waals surface area (Å²) in [6.07, 6.45) is 3.93. The van der Waals surface area contributed by atoms with Gasteiger partial charge in [-0.25, -0.2) is 0 Å². The minimum absolute atomic E-state index is 0.510. The molecule has 1 aliphatic heterocycles. The van der Waals surface area contributed by atoms with Crippen LogP contribution in [-0.4, -0.2) is 40.2 Å². The van der Waals surface area contributed by atoms with E-state index in [1.165, 1.54) is 25.8 Å². The summed E-state index contributed by atoms with van der Waals surface area (Å²) < 4.78 is 11.0. The van der Waals surface area contributed by atoms with Gasteiger partial charge in [-0.1, -0.05) is 19.8 Å². The number of nitrogens with zero attached hydrogens (tertiary/aromatic N) is 1. The second kappa shape index (κ2) is 5.70. The Bertz CT molecular complexity index is 139. The van der Waals surface area contributed by atoms with Gasteiger partial charge in [0.2, 0.25) is 0 Å². The second-order valence-electron chi connectivity index (χ2n) is 3.40. The van der Waals surface area contributed by atoms with Crippen molar-refractivity contribution in [1.82, 2.24) is 4.90 Å². The lowest BCUT2D eigenvalue weighted by atomic mass is 10.2. The molecule has 1 aliphatic rings. The van der Waals surface area contributed by atoms with Crippen molar-refractivity contribution in [2.75, 3.05) is 31.1 Å². The molecule has 0 radical (unpaired) electrons. The Labute approximate surface area is 77.8 Å². The highest BCUT2D eigenvalue weighted by atomic mass is 32.2. The molecule has 0 aromatic rings. The molecule has 0 unspecified atom stereocenters. The van der Waals surface area contributed by atoms with Gasteiger partial charge in [0.1, 0.15) is 0 Å². The van der Waals surface area contributed by atoms with E-state index in [1.807, 2.05) is 0 Å². The largest absolute Gasteiger partial charge is 0.302 e. The molecule has 0 aromatic heterocycles. The van der Waals surface area contributed by atoms with Crippen LogP contribution in [0.4, 0.5) is 0 Å². The first-order chi connectivity index (χ1) is 5.83. The molecule has 1 fully saturated rings. The molecule has 2 nitrogen and oxygen atoms in total. The third kappa shape index (κ3) is 3.68. The summed E-state index contributed by atoms with van der Waals surface area (Å²) in [7, 11) is -0.510. The topological polar surface area (TPSA) is 20.3 Å². The van der Waals surface area contributed by atoms with E-state index in [-0.39, 0.29) is 0 Å². The SMILES string of the molecule is CCCCCN1CCS(=O)CC1. The Morgan fingerprint density at radius 1 is 1.25 bits per heavy atom. The average molecular weight is 189 g/mol. The minimum Gasteiger partial charge on any atom is -0.302 e. The molecule has 0 bridgehead atoms. The van der Waals surface area contributed by atoms with Crippen LogP contribution < -0.4 is 0 Å². The van der Waals surface area contributed by atoms with Gasteiger partial charge in [0.05, 0.1) is 0 Å². The van der Waals surface area contributed by atoms with Crippen molar-refractivity contribution in [2.24, 2.45) is 0 Å². The van der Waals surface area contributed by atoms with E-state index in [1.54, 1.807) is 0 Å². The van der Waals surface area contributed by atoms with Gasteiger partial charge in [-0.2, -0.15) is 0 Å². The maximum absolute atomic E-state index is 11.0. The highest BCUT2D eigenvalue weighted by Gasteiger charge is 2.13. The Morgan fingerprint density at radius 2 is 1.92 bits per heavy atom. The van der Waals surface area contributed by atoms with Gasteiger partial charge < -0.3 is 4.90 Å². The Kier molecular flexibility index (Phi) is 4.84. The standard InChI is InChI=1S/C9H19NOS/c1-2-3-4-5-10-6-8-12(11)9-7-10/h2-9H2,1H3. The van der Waals surface area contributed by atoms with Crippen molar-refractivity contribution in [3.8, 4) is 0 Å². The quantitative estimate of drug-likeness (QED) is 0.620. The molecular formula is C9H19NOS. The van der Waals surface area contributed by atoms with E-state index in [2.05, 4.69) is 11.8 Å². The van der Waals surface area contributed by atoms with Crippen molar-refractivity contribution in [3.05, 3.63) is 0 Å². The molecule has 1 heterocycles. The third-order valence-corrected chi connectivity index (χ3v) is 3.62. The zero-order valence-corrected chi connectivity index (χ0v) is 8.74. The predicted octanol–water partition coefficient (Wildman–Crippen LogP) is 1.24. The van der Waals surface area contributed by atoms with Crippen molar-refractivity contribution in [1.29, 1.82) is 0 Å². The molecule has 72 valence electrons. The smallest absolute Gasteiger partial charge is 0.0363 e. The molecule has 0 spiro atoms. The Balaban J connectivity index is 2.05. The van der Waals surface area contributed by atoms with Gasteiger partial charge in [-0.15, -0.1) is 0 Å². The van der Waals surface area contributed by atoms with E-state index >= 15 is 0 Å². The summed E-state index contributed by atoms with van der Waals surface area (Å²) in [5.41, 5.74) is 0. The Hall–Kier alpha value is 0.110. The van der Waals surface area contributed by atoms with Crippen LogP contribution in [0.15, 0.2) is 0 Å². The van der Waals surface area contributed by atoms with Crippen LogP contribution in [0.1, 0.15) is 26.2 Å².